The van der Waals surface area contributed by atoms with Crippen molar-refractivity contribution in [1.29, 1.82) is 0 Å². The minimum absolute atomic E-state index is 0.0151. The Morgan fingerprint density at radius 3 is 1.28 bits per heavy atom. The summed E-state index contributed by atoms with van der Waals surface area (Å²) in [5.74, 6) is -0.134. The van der Waals surface area contributed by atoms with E-state index in [2.05, 4.69) is 98.7 Å². The molecule has 0 aromatic heterocycles. The summed E-state index contributed by atoms with van der Waals surface area (Å²) in [4.78, 5) is 41.5. The van der Waals surface area contributed by atoms with Gasteiger partial charge in [-0.15, -0.1) is 0 Å². The summed E-state index contributed by atoms with van der Waals surface area (Å²) in [6, 6.07) is 0. The number of unbranched alkanes of at least 4 members (excludes halogenated alkanes) is 21. The molecule has 0 aliphatic heterocycles. The molecule has 2 atom stereocenters. The summed E-state index contributed by atoms with van der Waals surface area (Å²) in [5.41, 5.74) is -0.546. The van der Waals surface area contributed by atoms with Crippen LogP contribution >= 0.6 is 0 Å². The highest BCUT2D eigenvalue weighted by Crippen LogP contribution is 2.39. The van der Waals surface area contributed by atoms with Crippen LogP contribution in [-0.4, -0.2) is 96.3 Å². The number of rotatable bonds is 48. The molecule has 0 spiro atoms. The van der Waals surface area contributed by atoms with E-state index >= 15 is 0 Å². The molecule has 1 N–H and O–H groups in total. The Kier molecular flexibility index (Phi) is 41.6. The van der Waals surface area contributed by atoms with Gasteiger partial charge in [-0.3, -0.25) is 14.5 Å². The van der Waals surface area contributed by atoms with E-state index in [0.717, 1.165) is 103 Å². The van der Waals surface area contributed by atoms with Gasteiger partial charge in [-0.25, -0.2) is 4.79 Å². The maximum Gasteiger partial charge on any atom is 0.407 e. The molecule has 0 aromatic rings. The maximum atomic E-state index is 13.4. The SMILES string of the molecule is CCCCCCCCCCCOC(=O)CCCC(CN(CCCCNC(=O)OC(C)(C)C)CC(CCCCCC(=O)OC(CCCCCCCC)CCCCCCCC)O[Si](C)(C)C(C)(C)C)O[Si](C)(C)C(C)(C)C. The molecule has 0 aliphatic rings. The van der Waals surface area contributed by atoms with Crippen LogP contribution in [0.3, 0.4) is 0 Å². The largest absolute Gasteiger partial charge is 0.466 e. The first-order valence-electron chi connectivity index (χ1n) is 31.7. The smallest absolute Gasteiger partial charge is 0.407 e. The Morgan fingerprint density at radius 1 is 0.453 bits per heavy atom. The molecule has 0 fully saturated rings. The van der Waals surface area contributed by atoms with Crippen LogP contribution in [0.15, 0.2) is 0 Å². The first kappa shape index (κ1) is 73.5. The molecule has 0 rings (SSSR count). The standard InChI is InChI=1S/C63H128N2O8Si2/c1-17-20-23-26-29-30-31-34-42-52-69-58(66)49-43-47-57(73-75(15,16)63(10,11)12)54-65(51-41-40-50-64-60(68)71-61(4,5)6)53-56(72-74(13,14)62(7,8)9)46-38-35-39-48-59(67)70-55(44-36-32-27-24-21-18-2)45-37-33-28-25-22-19-3/h55-57H,17-54H2,1-16H3,(H,64,68). The number of carbonyl (C=O) groups excluding carboxylic acids is 3. The highest BCUT2D eigenvalue weighted by molar-refractivity contribution is 6.74. The van der Waals surface area contributed by atoms with Crippen LogP contribution in [0.1, 0.15) is 295 Å². The average Bonchev–Trinajstić information content (AvgIpc) is 3.29. The molecule has 10 nitrogen and oxygen atoms in total. The maximum absolute atomic E-state index is 13.4. The number of hydrogen-bond acceptors (Lipinski definition) is 9. The molecule has 0 saturated heterocycles. The van der Waals surface area contributed by atoms with Gasteiger partial charge in [-0.05, 0) is 134 Å². The Hall–Kier alpha value is -1.48. The minimum atomic E-state index is -2.18. The summed E-state index contributed by atoms with van der Waals surface area (Å²) in [6.07, 6.45) is 35.5. The molecular formula is C63H128N2O8Si2. The molecule has 446 valence electrons. The fourth-order valence-corrected chi connectivity index (χ4v) is 11.9. The lowest BCUT2D eigenvalue weighted by atomic mass is 10.0. The van der Waals surface area contributed by atoms with Crippen LogP contribution in [-0.2, 0) is 32.7 Å². The second kappa shape index (κ2) is 42.4. The lowest BCUT2D eigenvalue weighted by Crippen LogP contribution is -2.50. The topological polar surface area (TPSA) is 113 Å². The van der Waals surface area contributed by atoms with Crippen molar-refractivity contribution >= 4 is 34.7 Å². The molecule has 0 aromatic carbocycles. The van der Waals surface area contributed by atoms with E-state index in [1.165, 1.54) is 109 Å². The summed E-state index contributed by atoms with van der Waals surface area (Å²) in [5, 5.41) is 3.04. The number of amides is 1. The highest BCUT2D eigenvalue weighted by atomic mass is 28.4. The van der Waals surface area contributed by atoms with E-state index in [1.54, 1.807) is 0 Å². The van der Waals surface area contributed by atoms with Crippen LogP contribution in [0.4, 0.5) is 4.79 Å². The van der Waals surface area contributed by atoms with Crippen molar-refractivity contribution in [2.45, 2.75) is 355 Å². The number of esters is 2. The second-order valence-corrected chi connectivity index (χ2v) is 36.2. The number of nitrogens with zero attached hydrogens (tertiary/aromatic N) is 1. The number of nitrogens with one attached hydrogen (secondary N) is 1. The zero-order chi connectivity index (χ0) is 56.7. The van der Waals surface area contributed by atoms with Gasteiger partial charge in [-0.2, -0.15) is 0 Å². The van der Waals surface area contributed by atoms with Crippen molar-refractivity contribution in [1.82, 2.24) is 10.2 Å². The van der Waals surface area contributed by atoms with Crippen molar-refractivity contribution in [3.8, 4) is 0 Å². The predicted octanol–water partition coefficient (Wildman–Crippen LogP) is 19.0. The van der Waals surface area contributed by atoms with Crippen LogP contribution < -0.4 is 5.32 Å². The Morgan fingerprint density at radius 2 is 0.840 bits per heavy atom. The molecule has 0 saturated carbocycles. The Labute approximate surface area is 468 Å². The van der Waals surface area contributed by atoms with Crippen molar-refractivity contribution in [3.63, 3.8) is 0 Å². The molecule has 75 heavy (non-hydrogen) atoms. The third kappa shape index (κ3) is 41.2. The summed E-state index contributed by atoms with van der Waals surface area (Å²) >= 11 is 0. The van der Waals surface area contributed by atoms with Gasteiger partial charge in [-0.1, -0.05) is 191 Å². The van der Waals surface area contributed by atoms with Crippen LogP contribution in [0.5, 0.6) is 0 Å². The second-order valence-electron chi connectivity index (χ2n) is 26.7. The highest BCUT2D eigenvalue weighted by Gasteiger charge is 2.41. The van der Waals surface area contributed by atoms with Crippen LogP contribution in [0, 0.1) is 0 Å². The molecule has 0 heterocycles. The van der Waals surface area contributed by atoms with Crippen molar-refractivity contribution in [2.75, 3.05) is 32.8 Å². The van der Waals surface area contributed by atoms with Gasteiger partial charge in [0, 0.05) is 32.5 Å². The molecule has 0 radical (unpaired) electrons. The number of hydrogen-bond donors (Lipinski definition) is 1. The summed E-state index contributed by atoms with van der Waals surface area (Å²) < 4.78 is 32.1. The zero-order valence-corrected chi connectivity index (χ0v) is 54.8. The minimum Gasteiger partial charge on any atom is -0.466 e. The van der Waals surface area contributed by atoms with Crippen molar-refractivity contribution in [2.24, 2.45) is 0 Å². The van der Waals surface area contributed by atoms with E-state index in [0.29, 0.717) is 32.4 Å². The van der Waals surface area contributed by atoms with E-state index in [1.807, 2.05) is 20.8 Å². The van der Waals surface area contributed by atoms with Gasteiger partial charge in [0.1, 0.15) is 11.7 Å². The predicted molar refractivity (Wildman–Crippen MR) is 325 cm³/mol. The number of ether oxygens (including phenoxy) is 3. The molecule has 2 unspecified atom stereocenters. The first-order chi connectivity index (χ1) is 35.3. The molecular weight excluding hydrogens is 969 g/mol. The lowest BCUT2D eigenvalue weighted by Gasteiger charge is -2.42. The molecule has 0 bridgehead atoms. The Balaban J connectivity index is 6.12. The molecule has 12 heteroatoms. The number of carbonyl (C=O) groups is 3. The third-order valence-corrected chi connectivity index (χ3v) is 25.0. The van der Waals surface area contributed by atoms with Gasteiger partial charge >= 0.3 is 18.0 Å². The fraction of sp³-hybridized carbons (Fsp3) is 0.952. The van der Waals surface area contributed by atoms with E-state index < -0.39 is 22.2 Å². The summed E-state index contributed by atoms with van der Waals surface area (Å²) in [6.45, 7) is 39.0. The van der Waals surface area contributed by atoms with Gasteiger partial charge < -0.3 is 28.4 Å². The van der Waals surface area contributed by atoms with E-state index in [-0.39, 0.29) is 46.4 Å². The van der Waals surface area contributed by atoms with Gasteiger partial charge in [0.15, 0.2) is 16.6 Å². The van der Waals surface area contributed by atoms with Crippen LogP contribution in [0.25, 0.3) is 0 Å². The summed E-state index contributed by atoms with van der Waals surface area (Å²) in [7, 11) is -4.34. The van der Waals surface area contributed by atoms with Crippen LogP contribution in [0.2, 0.25) is 36.3 Å². The zero-order valence-electron chi connectivity index (χ0n) is 52.8. The quantitative estimate of drug-likeness (QED) is 0.0275. The number of alkyl carbamates (subject to hydrolysis) is 1. The third-order valence-electron chi connectivity index (χ3n) is 15.9. The Bertz CT molecular complexity index is 1390. The van der Waals surface area contributed by atoms with Gasteiger partial charge in [0.25, 0.3) is 0 Å². The first-order valence-corrected chi connectivity index (χ1v) is 37.5. The monoisotopic (exact) mass is 1100 g/mol. The van der Waals surface area contributed by atoms with Crippen molar-refractivity contribution < 1.29 is 37.4 Å². The molecule has 0 aliphatic carbocycles. The lowest BCUT2D eigenvalue weighted by molar-refractivity contribution is -0.150. The van der Waals surface area contributed by atoms with E-state index in [9.17, 15) is 14.4 Å². The fourth-order valence-electron chi connectivity index (χ4n) is 9.13. The molecule has 1 amide bonds. The van der Waals surface area contributed by atoms with Gasteiger partial charge in [0.05, 0.1) is 18.8 Å². The van der Waals surface area contributed by atoms with Gasteiger partial charge in [0.2, 0.25) is 0 Å². The van der Waals surface area contributed by atoms with Crippen molar-refractivity contribution in [3.05, 3.63) is 0 Å². The average molecular weight is 1100 g/mol. The van der Waals surface area contributed by atoms with E-state index in [4.69, 9.17) is 23.1 Å². The normalized spacial score (nSPS) is 13.6.